The van der Waals surface area contributed by atoms with E-state index in [1.807, 2.05) is 13.0 Å². The van der Waals surface area contributed by atoms with Gasteiger partial charge in [0.05, 0.1) is 18.5 Å². The maximum Gasteiger partial charge on any atom is 0.224 e. The first-order valence-corrected chi connectivity index (χ1v) is 6.54. The molecular weight excluding hydrogens is 264 g/mol. The zero-order valence-corrected chi connectivity index (χ0v) is 11.5. The molecule has 1 fully saturated rings. The lowest BCUT2D eigenvalue weighted by Crippen LogP contribution is -2.29. The summed E-state index contributed by atoms with van der Waals surface area (Å²) in [6, 6.07) is 7.59. The van der Waals surface area contributed by atoms with Crippen LogP contribution in [-0.2, 0) is 4.79 Å². The fraction of sp³-hybridized carbons (Fsp3) is 0.429. The summed E-state index contributed by atoms with van der Waals surface area (Å²) < 4.78 is 5.59. The molecular formula is C14H15ClN2O2. The SMILES string of the molecule is Cc1cc(OCCN2CC(C#N)CC2=O)ccc1Cl. The van der Waals surface area contributed by atoms with Crippen molar-refractivity contribution in [3.8, 4) is 11.8 Å². The molecule has 1 saturated heterocycles. The molecule has 0 aliphatic carbocycles. The van der Waals surface area contributed by atoms with Crippen LogP contribution in [0.15, 0.2) is 18.2 Å². The van der Waals surface area contributed by atoms with E-state index in [1.54, 1.807) is 17.0 Å². The lowest BCUT2D eigenvalue weighted by Gasteiger charge is -2.16. The van der Waals surface area contributed by atoms with Gasteiger partial charge in [-0.25, -0.2) is 0 Å². The third kappa shape index (κ3) is 3.39. The van der Waals surface area contributed by atoms with Gasteiger partial charge < -0.3 is 9.64 Å². The van der Waals surface area contributed by atoms with Crippen molar-refractivity contribution in [1.29, 1.82) is 5.26 Å². The quantitative estimate of drug-likeness (QED) is 0.850. The molecule has 0 saturated carbocycles. The molecule has 0 radical (unpaired) electrons. The minimum absolute atomic E-state index is 0.0300. The number of carbonyl (C=O) groups is 1. The molecule has 0 aromatic heterocycles. The second-order valence-corrected chi connectivity index (χ2v) is 5.04. The maximum absolute atomic E-state index is 11.6. The van der Waals surface area contributed by atoms with Crippen LogP contribution in [0.3, 0.4) is 0 Å². The molecule has 1 aromatic rings. The van der Waals surface area contributed by atoms with Gasteiger partial charge in [0.15, 0.2) is 0 Å². The monoisotopic (exact) mass is 278 g/mol. The summed E-state index contributed by atoms with van der Waals surface area (Å²) >= 11 is 5.93. The van der Waals surface area contributed by atoms with Crippen LogP contribution >= 0.6 is 11.6 Å². The molecule has 1 aliphatic rings. The van der Waals surface area contributed by atoms with Gasteiger partial charge in [-0.2, -0.15) is 5.26 Å². The van der Waals surface area contributed by atoms with Crippen LogP contribution in [-0.4, -0.2) is 30.5 Å². The zero-order chi connectivity index (χ0) is 13.8. The van der Waals surface area contributed by atoms with Crippen LogP contribution in [0.4, 0.5) is 0 Å². The normalized spacial score (nSPS) is 18.5. The summed E-state index contributed by atoms with van der Waals surface area (Å²) in [5.41, 5.74) is 0.959. The van der Waals surface area contributed by atoms with E-state index in [4.69, 9.17) is 21.6 Å². The van der Waals surface area contributed by atoms with Crippen LogP contribution in [0.5, 0.6) is 5.75 Å². The second kappa shape index (κ2) is 5.94. The van der Waals surface area contributed by atoms with Gasteiger partial charge in [-0.3, -0.25) is 4.79 Å². The number of carbonyl (C=O) groups excluding carboxylic acids is 1. The molecule has 1 unspecified atom stereocenters. The Kier molecular flexibility index (Phi) is 4.28. The Morgan fingerprint density at radius 2 is 2.37 bits per heavy atom. The Balaban J connectivity index is 1.82. The Labute approximate surface area is 117 Å². The van der Waals surface area contributed by atoms with Crippen molar-refractivity contribution in [2.75, 3.05) is 19.7 Å². The first kappa shape index (κ1) is 13.7. The van der Waals surface area contributed by atoms with E-state index in [9.17, 15) is 4.79 Å². The molecule has 19 heavy (non-hydrogen) atoms. The van der Waals surface area contributed by atoms with Crippen LogP contribution in [0.2, 0.25) is 5.02 Å². The number of hydrogen-bond donors (Lipinski definition) is 0. The fourth-order valence-corrected chi connectivity index (χ4v) is 2.17. The lowest BCUT2D eigenvalue weighted by molar-refractivity contribution is -0.128. The van der Waals surface area contributed by atoms with Gasteiger partial charge in [0, 0.05) is 18.0 Å². The predicted molar refractivity (Wildman–Crippen MR) is 72.0 cm³/mol. The van der Waals surface area contributed by atoms with E-state index in [0.717, 1.165) is 11.3 Å². The molecule has 1 heterocycles. The van der Waals surface area contributed by atoms with Gasteiger partial charge in [0.25, 0.3) is 0 Å². The topological polar surface area (TPSA) is 53.3 Å². The third-order valence-electron chi connectivity index (χ3n) is 3.16. The van der Waals surface area contributed by atoms with E-state index in [-0.39, 0.29) is 11.8 Å². The van der Waals surface area contributed by atoms with Crippen molar-refractivity contribution in [1.82, 2.24) is 4.90 Å². The summed E-state index contributed by atoms with van der Waals surface area (Å²) in [5, 5.41) is 9.50. The van der Waals surface area contributed by atoms with Crippen molar-refractivity contribution in [3.05, 3.63) is 28.8 Å². The second-order valence-electron chi connectivity index (χ2n) is 4.63. The Bertz CT molecular complexity index is 525. The van der Waals surface area contributed by atoms with Crippen molar-refractivity contribution in [2.45, 2.75) is 13.3 Å². The van der Waals surface area contributed by atoms with Gasteiger partial charge in [0.1, 0.15) is 12.4 Å². The summed E-state index contributed by atoms with van der Waals surface area (Å²) in [5.74, 6) is 0.595. The number of nitriles is 1. The molecule has 5 heteroatoms. The highest BCUT2D eigenvalue weighted by atomic mass is 35.5. The molecule has 0 spiro atoms. The lowest BCUT2D eigenvalue weighted by atomic mass is 10.1. The Morgan fingerprint density at radius 1 is 1.58 bits per heavy atom. The third-order valence-corrected chi connectivity index (χ3v) is 3.58. The van der Waals surface area contributed by atoms with E-state index < -0.39 is 0 Å². The minimum Gasteiger partial charge on any atom is -0.492 e. The molecule has 2 rings (SSSR count). The zero-order valence-electron chi connectivity index (χ0n) is 10.7. The molecule has 0 bridgehead atoms. The molecule has 100 valence electrons. The number of benzene rings is 1. The number of aryl methyl sites for hydroxylation is 1. The van der Waals surface area contributed by atoms with Gasteiger partial charge in [-0.05, 0) is 30.7 Å². The Hall–Kier alpha value is -1.73. The summed E-state index contributed by atoms with van der Waals surface area (Å²) in [6.45, 7) is 3.36. The van der Waals surface area contributed by atoms with Gasteiger partial charge in [0.2, 0.25) is 5.91 Å². The van der Waals surface area contributed by atoms with Gasteiger partial charge in [-0.15, -0.1) is 0 Å². The number of nitrogens with zero attached hydrogens (tertiary/aromatic N) is 2. The fourth-order valence-electron chi connectivity index (χ4n) is 2.06. The highest BCUT2D eigenvalue weighted by Gasteiger charge is 2.28. The number of rotatable bonds is 4. The number of halogens is 1. The largest absolute Gasteiger partial charge is 0.492 e. The number of amides is 1. The van der Waals surface area contributed by atoms with Crippen LogP contribution in [0.25, 0.3) is 0 Å². The predicted octanol–water partition coefficient (Wildman–Crippen LogP) is 2.40. The van der Waals surface area contributed by atoms with Crippen molar-refractivity contribution in [3.63, 3.8) is 0 Å². The summed E-state index contributed by atoms with van der Waals surface area (Å²) in [4.78, 5) is 13.3. The van der Waals surface area contributed by atoms with Crippen molar-refractivity contribution < 1.29 is 9.53 Å². The van der Waals surface area contributed by atoms with Crippen LogP contribution in [0, 0.1) is 24.2 Å². The summed E-state index contributed by atoms with van der Waals surface area (Å²) in [6.07, 6.45) is 0.330. The number of hydrogen-bond acceptors (Lipinski definition) is 3. The minimum atomic E-state index is -0.176. The van der Waals surface area contributed by atoms with Crippen LogP contribution < -0.4 is 4.74 Å². The molecule has 4 nitrogen and oxygen atoms in total. The smallest absolute Gasteiger partial charge is 0.224 e. The molecule has 1 atom stereocenters. The number of likely N-dealkylation sites (tertiary alicyclic amines) is 1. The average molecular weight is 279 g/mol. The first-order chi connectivity index (χ1) is 9.10. The average Bonchev–Trinajstić information content (AvgIpc) is 2.75. The van der Waals surface area contributed by atoms with Gasteiger partial charge >= 0.3 is 0 Å². The van der Waals surface area contributed by atoms with Crippen molar-refractivity contribution in [2.24, 2.45) is 5.92 Å². The van der Waals surface area contributed by atoms with Crippen molar-refractivity contribution >= 4 is 17.5 Å². The maximum atomic E-state index is 11.6. The number of ether oxygens (including phenoxy) is 1. The van der Waals surface area contributed by atoms with E-state index in [2.05, 4.69) is 6.07 Å². The molecule has 0 N–H and O–H groups in total. The van der Waals surface area contributed by atoms with Gasteiger partial charge in [-0.1, -0.05) is 11.6 Å². The van der Waals surface area contributed by atoms with Crippen LogP contribution in [0.1, 0.15) is 12.0 Å². The highest BCUT2D eigenvalue weighted by Crippen LogP contribution is 2.21. The van der Waals surface area contributed by atoms with E-state index >= 15 is 0 Å². The molecule has 1 amide bonds. The summed E-state index contributed by atoms with van der Waals surface area (Å²) in [7, 11) is 0. The van der Waals surface area contributed by atoms with E-state index in [1.165, 1.54) is 0 Å². The van der Waals surface area contributed by atoms with E-state index in [0.29, 0.717) is 31.1 Å². The first-order valence-electron chi connectivity index (χ1n) is 6.16. The Morgan fingerprint density at radius 3 is 3.00 bits per heavy atom. The highest BCUT2D eigenvalue weighted by molar-refractivity contribution is 6.31. The standard InChI is InChI=1S/C14H15ClN2O2/c1-10-6-12(2-3-13(10)15)19-5-4-17-9-11(8-16)7-14(17)18/h2-3,6,11H,4-5,7,9H2,1H3. The molecule has 1 aromatic carbocycles. The molecule has 1 aliphatic heterocycles.